The summed E-state index contributed by atoms with van der Waals surface area (Å²) < 4.78 is 6.18. The van der Waals surface area contributed by atoms with Gasteiger partial charge in [-0.3, -0.25) is 19.7 Å². The number of carbonyl (C=O) groups excluding carboxylic acids is 1. The number of hydrogen-bond acceptors (Lipinski definition) is 6. The molecule has 1 saturated carbocycles. The maximum absolute atomic E-state index is 12.4. The number of pyridine rings is 2. The number of nitrogens with zero attached hydrogens (tertiary/aromatic N) is 3. The molecule has 1 saturated heterocycles. The van der Waals surface area contributed by atoms with Crippen LogP contribution in [0.3, 0.4) is 0 Å². The zero-order valence-electron chi connectivity index (χ0n) is 19.3. The predicted octanol–water partition coefficient (Wildman–Crippen LogP) is 3.35. The summed E-state index contributed by atoms with van der Waals surface area (Å²) in [5.74, 6) is 0.192. The standard InChI is InChI=1S/C26H35N5O2/c27-26(32)25(21-6-3-14-29-24(21)18-8-9-18)31-15-12-20(17-31)33-16-2-1-5-19-10-11-22-23(30-19)7-4-13-28-22/h3,6,10-11,14,18,20,25,28H,1-2,4-5,7-9,12-13,15-17H2,(H2,27,32)/t20-,25?/m1/s1. The number of aromatic nitrogens is 2. The van der Waals surface area contributed by atoms with Gasteiger partial charge in [0.05, 0.1) is 17.5 Å². The fraction of sp³-hybridized carbons (Fsp3) is 0.577. The summed E-state index contributed by atoms with van der Waals surface area (Å²) in [4.78, 5) is 24.0. The predicted molar refractivity (Wildman–Crippen MR) is 128 cm³/mol. The molecule has 1 unspecified atom stereocenters. The van der Waals surface area contributed by atoms with Crippen molar-refractivity contribution in [3.8, 4) is 0 Å². The molecule has 176 valence electrons. The summed E-state index contributed by atoms with van der Waals surface area (Å²) in [5, 5.41) is 3.42. The number of unbranched alkanes of at least 4 members (excludes halogenated alkanes) is 1. The van der Waals surface area contributed by atoms with Gasteiger partial charge in [0.15, 0.2) is 0 Å². The van der Waals surface area contributed by atoms with Crippen molar-refractivity contribution < 1.29 is 9.53 Å². The molecule has 7 nitrogen and oxygen atoms in total. The van der Waals surface area contributed by atoms with E-state index in [4.69, 9.17) is 15.5 Å². The summed E-state index contributed by atoms with van der Waals surface area (Å²) in [5.41, 5.74) is 11.5. The van der Waals surface area contributed by atoms with Crippen LogP contribution < -0.4 is 11.1 Å². The fourth-order valence-corrected chi connectivity index (χ4v) is 5.19. The third-order valence-electron chi connectivity index (χ3n) is 7.06. The number of ether oxygens (including phenoxy) is 1. The smallest absolute Gasteiger partial charge is 0.239 e. The van der Waals surface area contributed by atoms with Gasteiger partial charge in [0.25, 0.3) is 0 Å². The van der Waals surface area contributed by atoms with Crippen molar-refractivity contribution in [3.63, 3.8) is 0 Å². The minimum Gasteiger partial charge on any atom is -0.384 e. The summed E-state index contributed by atoms with van der Waals surface area (Å²) >= 11 is 0. The lowest BCUT2D eigenvalue weighted by Crippen LogP contribution is -2.38. The van der Waals surface area contributed by atoms with Crippen molar-refractivity contribution in [1.29, 1.82) is 0 Å². The van der Waals surface area contributed by atoms with Crippen LogP contribution in [0.2, 0.25) is 0 Å². The number of rotatable bonds is 10. The molecule has 4 heterocycles. The largest absolute Gasteiger partial charge is 0.384 e. The van der Waals surface area contributed by atoms with Crippen molar-refractivity contribution in [2.45, 2.75) is 69.4 Å². The monoisotopic (exact) mass is 449 g/mol. The Labute approximate surface area is 196 Å². The van der Waals surface area contributed by atoms with Gasteiger partial charge in [-0.2, -0.15) is 0 Å². The maximum atomic E-state index is 12.4. The van der Waals surface area contributed by atoms with Crippen LogP contribution in [0, 0.1) is 0 Å². The topological polar surface area (TPSA) is 93.4 Å². The number of nitrogens with two attached hydrogens (primary N) is 1. The second-order valence-corrected chi connectivity index (χ2v) is 9.62. The van der Waals surface area contributed by atoms with Crippen molar-refractivity contribution in [2.75, 3.05) is 31.6 Å². The van der Waals surface area contributed by atoms with Crippen molar-refractivity contribution >= 4 is 11.6 Å². The number of amides is 1. The van der Waals surface area contributed by atoms with Gasteiger partial charge >= 0.3 is 0 Å². The molecule has 2 atom stereocenters. The number of nitrogens with one attached hydrogen (secondary N) is 1. The van der Waals surface area contributed by atoms with Gasteiger partial charge in [0.2, 0.25) is 5.91 Å². The Hall–Kier alpha value is -2.51. The molecule has 3 aliphatic rings. The van der Waals surface area contributed by atoms with Gasteiger partial charge in [0, 0.05) is 55.3 Å². The third-order valence-corrected chi connectivity index (χ3v) is 7.06. The van der Waals surface area contributed by atoms with Crippen LogP contribution in [-0.4, -0.2) is 53.1 Å². The summed E-state index contributed by atoms with van der Waals surface area (Å²) in [7, 11) is 0. The average Bonchev–Trinajstić information content (AvgIpc) is 3.58. The second kappa shape index (κ2) is 10.2. The van der Waals surface area contributed by atoms with E-state index < -0.39 is 6.04 Å². The van der Waals surface area contributed by atoms with Gasteiger partial charge in [-0.15, -0.1) is 0 Å². The Bertz CT molecular complexity index is 977. The number of fused-ring (bicyclic) bond motifs is 1. The highest BCUT2D eigenvalue weighted by Crippen LogP contribution is 2.43. The zero-order valence-corrected chi connectivity index (χ0v) is 19.3. The highest BCUT2D eigenvalue weighted by molar-refractivity contribution is 5.82. The second-order valence-electron chi connectivity index (χ2n) is 9.62. The van der Waals surface area contributed by atoms with Gasteiger partial charge in [-0.05, 0) is 69.6 Å². The molecule has 1 aliphatic carbocycles. The quantitative estimate of drug-likeness (QED) is 0.541. The van der Waals surface area contributed by atoms with E-state index in [1.54, 1.807) is 0 Å². The third kappa shape index (κ3) is 5.36. The van der Waals surface area contributed by atoms with Gasteiger partial charge in [0.1, 0.15) is 6.04 Å². The van der Waals surface area contributed by atoms with Gasteiger partial charge < -0.3 is 15.8 Å². The molecular formula is C26H35N5O2. The summed E-state index contributed by atoms with van der Waals surface area (Å²) in [6.07, 6.45) is 10.5. The maximum Gasteiger partial charge on any atom is 0.239 e. The minimum atomic E-state index is -0.410. The van der Waals surface area contributed by atoms with Crippen LogP contribution in [0.4, 0.5) is 5.69 Å². The molecular weight excluding hydrogens is 414 g/mol. The summed E-state index contributed by atoms with van der Waals surface area (Å²) in [6, 6.07) is 7.84. The molecule has 3 N–H and O–H groups in total. The van der Waals surface area contributed by atoms with Crippen LogP contribution in [0.25, 0.3) is 0 Å². The van der Waals surface area contributed by atoms with E-state index in [0.717, 1.165) is 88.9 Å². The van der Waals surface area contributed by atoms with E-state index in [1.807, 2.05) is 18.3 Å². The van der Waals surface area contributed by atoms with Gasteiger partial charge in [-0.1, -0.05) is 6.07 Å². The highest BCUT2D eigenvalue weighted by Gasteiger charge is 2.37. The molecule has 1 amide bonds. The van der Waals surface area contributed by atoms with E-state index in [9.17, 15) is 4.79 Å². The Morgan fingerprint density at radius 2 is 2.15 bits per heavy atom. The first-order valence-electron chi connectivity index (χ1n) is 12.5. The molecule has 2 fully saturated rings. The van der Waals surface area contributed by atoms with E-state index >= 15 is 0 Å². The summed E-state index contributed by atoms with van der Waals surface area (Å²) in [6.45, 7) is 3.36. The van der Waals surface area contributed by atoms with Crippen LogP contribution in [0.5, 0.6) is 0 Å². The number of likely N-dealkylation sites (tertiary alicyclic amines) is 1. The lowest BCUT2D eigenvalue weighted by molar-refractivity contribution is -0.123. The number of carbonyl (C=O) groups is 1. The SMILES string of the molecule is NC(=O)C(c1cccnc1C1CC1)N1CC[C@@H](OCCCCc2ccc3c(n2)CCCN3)C1. The highest BCUT2D eigenvalue weighted by atomic mass is 16.5. The Morgan fingerprint density at radius 1 is 1.24 bits per heavy atom. The number of hydrogen-bond donors (Lipinski definition) is 2. The lowest BCUT2D eigenvalue weighted by Gasteiger charge is -2.27. The number of aryl methyl sites for hydroxylation is 2. The van der Waals surface area contributed by atoms with Crippen molar-refractivity contribution in [3.05, 3.63) is 53.1 Å². The Kier molecular flexibility index (Phi) is 6.88. The first-order chi connectivity index (χ1) is 16.2. The molecule has 0 spiro atoms. The minimum absolute atomic E-state index is 0.154. The molecule has 0 aromatic carbocycles. The molecule has 2 aromatic heterocycles. The van der Waals surface area contributed by atoms with Crippen LogP contribution in [-0.2, 0) is 22.4 Å². The number of primary amides is 1. The van der Waals surface area contributed by atoms with E-state index in [-0.39, 0.29) is 12.0 Å². The first kappa shape index (κ1) is 22.3. The fourth-order valence-electron chi connectivity index (χ4n) is 5.19. The molecule has 7 heteroatoms. The average molecular weight is 450 g/mol. The Balaban J connectivity index is 1.08. The van der Waals surface area contributed by atoms with Gasteiger partial charge in [-0.25, -0.2) is 0 Å². The van der Waals surface area contributed by atoms with E-state index in [2.05, 4.69) is 27.3 Å². The zero-order chi connectivity index (χ0) is 22.6. The van der Waals surface area contributed by atoms with Crippen molar-refractivity contribution in [2.24, 2.45) is 5.73 Å². The molecule has 2 aromatic rings. The first-order valence-corrected chi connectivity index (χ1v) is 12.5. The van der Waals surface area contributed by atoms with Crippen molar-refractivity contribution in [1.82, 2.24) is 14.9 Å². The Morgan fingerprint density at radius 3 is 3.00 bits per heavy atom. The lowest BCUT2D eigenvalue weighted by atomic mass is 10.0. The molecule has 5 rings (SSSR count). The van der Waals surface area contributed by atoms with E-state index in [0.29, 0.717) is 5.92 Å². The van der Waals surface area contributed by atoms with Crippen LogP contribution in [0.1, 0.15) is 73.1 Å². The molecule has 0 radical (unpaired) electrons. The molecule has 2 aliphatic heterocycles. The molecule has 33 heavy (non-hydrogen) atoms. The normalized spacial score (nSPS) is 21.4. The van der Waals surface area contributed by atoms with Crippen LogP contribution in [0.15, 0.2) is 30.5 Å². The van der Waals surface area contributed by atoms with Crippen LogP contribution >= 0.6 is 0 Å². The number of anilines is 1. The molecule has 0 bridgehead atoms. The van der Waals surface area contributed by atoms with E-state index in [1.165, 1.54) is 17.1 Å².